The van der Waals surface area contributed by atoms with Crippen LogP contribution >= 0.6 is 11.7 Å². The van der Waals surface area contributed by atoms with Gasteiger partial charge in [0.1, 0.15) is 11.0 Å². The highest BCUT2D eigenvalue weighted by Gasteiger charge is 2.34. The topological polar surface area (TPSA) is 34.0 Å². The lowest BCUT2D eigenvalue weighted by molar-refractivity contribution is -0.137. The Morgan fingerprint density at radius 2 is 0.841 bits per heavy atom. The van der Waals surface area contributed by atoms with E-state index in [-0.39, 0.29) is 5.69 Å². The molecule has 0 bridgehead atoms. The summed E-state index contributed by atoms with van der Waals surface area (Å²) < 4.78 is 55.3. The number of hydrogen-bond donors (Lipinski definition) is 0. The van der Waals surface area contributed by atoms with Crippen molar-refractivity contribution < 1.29 is 13.2 Å². The lowest BCUT2D eigenvalue weighted by atomic mass is 9.93. The van der Waals surface area contributed by atoms with Gasteiger partial charge in [-0.05, 0) is 129 Å². The molecular weight excluding hydrogens is 878 g/mol. The highest BCUT2D eigenvalue weighted by molar-refractivity contribution is 7.00. The SMILES string of the molecule is FC(F)(F)c1ccccc1-n1c2ccccc2c2ccc(-c3ccc(N(c4ccc(-c5ccccc5)cc4)c4ccc(-c5cc(-c6ccccc6)cc(-c6ccccc6)c5)cc4)c4nsnc34)cc21. The van der Waals surface area contributed by atoms with Gasteiger partial charge in [-0.3, -0.25) is 0 Å². The predicted octanol–water partition coefficient (Wildman–Crippen LogP) is 17.6. The molecule has 0 aliphatic heterocycles. The lowest BCUT2D eigenvalue weighted by Gasteiger charge is -2.26. The first-order valence-electron chi connectivity index (χ1n) is 22.6. The third kappa shape index (κ3) is 7.71. The molecule has 12 rings (SSSR count). The quantitative estimate of drug-likeness (QED) is 0.145. The van der Waals surface area contributed by atoms with E-state index in [1.807, 2.05) is 72.8 Å². The zero-order valence-electron chi connectivity index (χ0n) is 36.8. The summed E-state index contributed by atoms with van der Waals surface area (Å²) in [5.41, 5.74) is 15.5. The van der Waals surface area contributed by atoms with Crippen molar-refractivity contribution in [1.82, 2.24) is 13.3 Å². The van der Waals surface area contributed by atoms with Crippen molar-refractivity contribution in [2.75, 3.05) is 4.90 Å². The molecule has 0 aliphatic rings. The maximum Gasteiger partial charge on any atom is 0.418 e. The Labute approximate surface area is 400 Å². The summed E-state index contributed by atoms with van der Waals surface area (Å²) in [6.45, 7) is 0. The smallest absolute Gasteiger partial charge is 0.309 e. The van der Waals surface area contributed by atoms with Crippen LogP contribution < -0.4 is 4.90 Å². The van der Waals surface area contributed by atoms with E-state index in [1.165, 1.54) is 12.1 Å². The summed E-state index contributed by atoms with van der Waals surface area (Å²) >= 11 is 1.14. The van der Waals surface area contributed by atoms with Crippen LogP contribution in [0.15, 0.2) is 237 Å². The molecule has 2 heterocycles. The van der Waals surface area contributed by atoms with Crippen LogP contribution in [0, 0.1) is 0 Å². The minimum atomic E-state index is -4.55. The van der Waals surface area contributed by atoms with Gasteiger partial charge in [0.15, 0.2) is 0 Å². The van der Waals surface area contributed by atoms with E-state index in [0.29, 0.717) is 22.1 Å². The maximum atomic E-state index is 14.6. The molecule has 0 amide bonds. The average molecular weight is 917 g/mol. The molecule has 0 spiro atoms. The Hall–Kier alpha value is -8.59. The molecule has 8 heteroatoms. The normalized spacial score (nSPS) is 11.7. The van der Waals surface area contributed by atoms with Crippen molar-refractivity contribution >= 4 is 61.6 Å². The number of rotatable bonds is 9. The number of benzene rings is 10. The maximum absolute atomic E-state index is 14.6. The molecule has 0 N–H and O–H groups in total. The molecule has 0 fully saturated rings. The van der Waals surface area contributed by atoms with Gasteiger partial charge in [-0.15, -0.1) is 0 Å². The van der Waals surface area contributed by atoms with Crippen molar-refractivity contribution in [2.45, 2.75) is 6.18 Å². The number of anilines is 3. The monoisotopic (exact) mass is 916 g/mol. The van der Waals surface area contributed by atoms with Crippen LogP contribution in [0.25, 0.3) is 94.2 Å². The Morgan fingerprint density at radius 3 is 1.43 bits per heavy atom. The van der Waals surface area contributed by atoms with Crippen molar-refractivity contribution in [3.63, 3.8) is 0 Å². The molecule has 2 aromatic heterocycles. The van der Waals surface area contributed by atoms with E-state index in [0.717, 1.165) is 101 Å². The molecule has 0 aliphatic carbocycles. The molecule has 10 aromatic carbocycles. The van der Waals surface area contributed by atoms with E-state index in [9.17, 15) is 13.2 Å². The molecule has 4 nitrogen and oxygen atoms in total. The molecule has 330 valence electrons. The average Bonchev–Trinajstić information content (AvgIpc) is 4.03. The van der Waals surface area contributed by atoms with Crippen LogP contribution in [0.5, 0.6) is 0 Å². The van der Waals surface area contributed by atoms with Gasteiger partial charge in [-0.2, -0.15) is 21.9 Å². The van der Waals surface area contributed by atoms with Crippen LogP contribution in [0.4, 0.5) is 30.2 Å². The van der Waals surface area contributed by atoms with E-state index in [2.05, 4.69) is 144 Å². The third-order valence-corrected chi connectivity index (χ3v) is 13.4. The molecule has 69 heavy (non-hydrogen) atoms. The van der Waals surface area contributed by atoms with Gasteiger partial charge in [0.2, 0.25) is 0 Å². The van der Waals surface area contributed by atoms with Gasteiger partial charge in [0.25, 0.3) is 0 Å². The number of alkyl halides is 3. The second-order valence-electron chi connectivity index (χ2n) is 17.0. The Balaban J connectivity index is 0.990. The van der Waals surface area contributed by atoms with E-state index in [4.69, 9.17) is 8.75 Å². The minimum absolute atomic E-state index is 0.0737. The fraction of sp³-hybridized carbons (Fsp3) is 0.0164. The lowest BCUT2D eigenvalue weighted by Crippen LogP contribution is -2.11. The Morgan fingerprint density at radius 1 is 0.377 bits per heavy atom. The van der Waals surface area contributed by atoms with Crippen LogP contribution in [-0.2, 0) is 6.18 Å². The van der Waals surface area contributed by atoms with Crippen LogP contribution in [-0.4, -0.2) is 13.3 Å². The second-order valence-corrected chi connectivity index (χ2v) is 17.5. The van der Waals surface area contributed by atoms with Crippen molar-refractivity contribution in [1.29, 1.82) is 0 Å². The zero-order valence-corrected chi connectivity index (χ0v) is 37.7. The summed E-state index contributed by atoms with van der Waals surface area (Å²) in [6.07, 6.45) is -4.55. The number of hydrogen-bond acceptors (Lipinski definition) is 4. The van der Waals surface area contributed by atoms with Gasteiger partial charge in [-0.25, -0.2) is 0 Å². The summed E-state index contributed by atoms with van der Waals surface area (Å²) in [5.74, 6) is 0. The largest absolute Gasteiger partial charge is 0.418 e. The fourth-order valence-corrected chi connectivity index (χ4v) is 10.2. The summed E-state index contributed by atoms with van der Waals surface area (Å²) in [4.78, 5) is 2.22. The third-order valence-electron chi connectivity index (χ3n) is 12.9. The van der Waals surface area contributed by atoms with Crippen LogP contribution in [0.1, 0.15) is 5.56 Å². The van der Waals surface area contributed by atoms with Gasteiger partial charge in [-0.1, -0.05) is 158 Å². The highest BCUT2D eigenvalue weighted by atomic mass is 32.1. The first-order valence-corrected chi connectivity index (χ1v) is 23.4. The molecule has 0 saturated carbocycles. The van der Waals surface area contributed by atoms with Gasteiger partial charge in [0, 0.05) is 27.7 Å². The standard InChI is InChI=1S/C61H39F3N4S/c62-61(63,64)54-21-11-13-23-56(54)68-55-22-12-10-20-52(55)53-33-28-45(39-58(53)68)51-34-35-57(60-59(51)65-69-66-60)67(49-29-24-43(25-30-49)40-14-4-1-5-15-40)50-31-26-44(27-32-50)48-37-46(41-16-6-2-7-17-41)36-47(38-48)42-18-8-3-9-19-42/h1-39H. The molecular formula is C61H39F3N4S. The highest BCUT2D eigenvalue weighted by Crippen LogP contribution is 2.45. The molecule has 12 aromatic rings. The summed E-state index contributed by atoms with van der Waals surface area (Å²) in [5, 5.41) is 1.72. The van der Waals surface area contributed by atoms with E-state index >= 15 is 0 Å². The number of halogens is 3. The Bertz CT molecular complexity index is 3750. The number of nitrogens with zero attached hydrogens (tertiary/aromatic N) is 4. The van der Waals surface area contributed by atoms with Gasteiger partial charge >= 0.3 is 6.18 Å². The Kier molecular flexibility index (Phi) is 10.5. The number of fused-ring (bicyclic) bond motifs is 4. The van der Waals surface area contributed by atoms with Crippen LogP contribution in [0.2, 0.25) is 0 Å². The molecule has 0 saturated heterocycles. The van der Waals surface area contributed by atoms with Crippen LogP contribution in [0.3, 0.4) is 0 Å². The predicted molar refractivity (Wildman–Crippen MR) is 279 cm³/mol. The van der Waals surface area contributed by atoms with Crippen molar-refractivity contribution in [2.24, 2.45) is 0 Å². The van der Waals surface area contributed by atoms with Crippen molar-refractivity contribution in [3.05, 3.63) is 242 Å². The van der Waals surface area contributed by atoms with E-state index < -0.39 is 11.7 Å². The molecule has 0 atom stereocenters. The van der Waals surface area contributed by atoms with Gasteiger partial charge < -0.3 is 9.47 Å². The first kappa shape index (κ1) is 41.8. The first-order chi connectivity index (χ1) is 33.9. The number of aromatic nitrogens is 3. The second kappa shape index (κ2) is 17.2. The van der Waals surface area contributed by atoms with Gasteiger partial charge in [0.05, 0.1) is 39.7 Å². The van der Waals surface area contributed by atoms with E-state index in [1.54, 1.807) is 10.6 Å². The fourth-order valence-electron chi connectivity index (χ4n) is 9.63. The summed E-state index contributed by atoms with van der Waals surface area (Å²) in [7, 11) is 0. The molecule has 0 unspecified atom stereocenters. The zero-order chi connectivity index (χ0) is 46.5. The minimum Gasteiger partial charge on any atom is -0.309 e. The summed E-state index contributed by atoms with van der Waals surface area (Å²) in [6, 6.07) is 78.7. The van der Waals surface area contributed by atoms with Crippen molar-refractivity contribution in [3.8, 4) is 61.3 Å². The molecule has 0 radical (unpaired) electrons. The number of para-hydroxylation sites is 2.